The van der Waals surface area contributed by atoms with Crippen molar-refractivity contribution in [2.24, 2.45) is 5.41 Å². The third-order valence-corrected chi connectivity index (χ3v) is 5.49. The van der Waals surface area contributed by atoms with Crippen molar-refractivity contribution in [2.75, 3.05) is 24.5 Å². The van der Waals surface area contributed by atoms with Crippen molar-refractivity contribution >= 4 is 11.7 Å². The standard InChI is InChI=1S/C19H28FN3O/c1-19(10-12-21-13-11-19)14-22-18(24)23(16-4-2-3-5-16)17-8-6-15(20)7-9-17/h6-9,16,21H,2-5,10-14H2,1H3,(H,22,24). The summed E-state index contributed by atoms with van der Waals surface area (Å²) in [6.07, 6.45) is 6.50. The predicted molar refractivity (Wildman–Crippen MR) is 94.7 cm³/mol. The first-order valence-electron chi connectivity index (χ1n) is 9.11. The van der Waals surface area contributed by atoms with Crippen LogP contribution in [0, 0.1) is 11.2 Å². The average Bonchev–Trinajstić information content (AvgIpc) is 3.10. The molecule has 5 heteroatoms. The van der Waals surface area contributed by atoms with Gasteiger partial charge in [0, 0.05) is 18.3 Å². The topological polar surface area (TPSA) is 44.4 Å². The van der Waals surface area contributed by atoms with E-state index in [0.717, 1.165) is 57.3 Å². The lowest BCUT2D eigenvalue weighted by Crippen LogP contribution is -2.50. The Balaban J connectivity index is 1.70. The SMILES string of the molecule is CC1(CNC(=O)N(c2ccc(F)cc2)C2CCCC2)CCNCC1. The van der Waals surface area contributed by atoms with Crippen LogP contribution in [0.15, 0.2) is 24.3 Å². The second kappa shape index (κ2) is 7.51. The van der Waals surface area contributed by atoms with E-state index >= 15 is 0 Å². The lowest BCUT2D eigenvalue weighted by Gasteiger charge is -2.36. The second-order valence-electron chi connectivity index (χ2n) is 7.50. The van der Waals surface area contributed by atoms with Crippen LogP contribution in [0.2, 0.25) is 0 Å². The Morgan fingerprint density at radius 1 is 1.25 bits per heavy atom. The number of halogens is 1. The van der Waals surface area contributed by atoms with Gasteiger partial charge in [-0.25, -0.2) is 9.18 Å². The first-order valence-corrected chi connectivity index (χ1v) is 9.11. The number of urea groups is 1. The fraction of sp³-hybridized carbons (Fsp3) is 0.632. The number of rotatable bonds is 4. The number of benzene rings is 1. The molecule has 2 amide bonds. The maximum atomic E-state index is 13.2. The summed E-state index contributed by atoms with van der Waals surface area (Å²) in [6.45, 7) is 4.96. The molecule has 1 heterocycles. The maximum absolute atomic E-state index is 13.2. The molecule has 1 aliphatic carbocycles. The van der Waals surface area contributed by atoms with Gasteiger partial charge in [0.1, 0.15) is 5.82 Å². The van der Waals surface area contributed by atoms with E-state index in [-0.39, 0.29) is 23.3 Å². The molecule has 0 atom stereocenters. The molecular weight excluding hydrogens is 305 g/mol. The first kappa shape index (κ1) is 17.2. The Morgan fingerprint density at radius 2 is 1.88 bits per heavy atom. The molecular formula is C19H28FN3O. The molecule has 1 aromatic rings. The minimum absolute atomic E-state index is 0.0479. The highest BCUT2D eigenvalue weighted by Gasteiger charge is 2.31. The van der Waals surface area contributed by atoms with Gasteiger partial charge in [0.25, 0.3) is 0 Å². The van der Waals surface area contributed by atoms with Gasteiger partial charge in [-0.3, -0.25) is 4.90 Å². The fourth-order valence-corrected chi connectivity index (χ4v) is 3.84. The lowest BCUT2D eigenvalue weighted by atomic mass is 9.81. The van der Waals surface area contributed by atoms with Gasteiger partial charge in [0.05, 0.1) is 0 Å². The molecule has 2 aliphatic rings. The van der Waals surface area contributed by atoms with Crippen LogP contribution in [0.25, 0.3) is 0 Å². The van der Waals surface area contributed by atoms with Crippen LogP contribution < -0.4 is 15.5 Å². The number of carbonyl (C=O) groups excluding carboxylic acids is 1. The summed E-state index contributed by atoms with van der Waals surface area (Å²) in [5, 5.41) is 6.52. The molecule has 132 valence electrons. The van der Waals surface area contributed by atoms with E-state index in [1.54, 1.807) is 12.1 Å². The van der Waals surface area contributed by atoms with Gasteiger partial charge in [-0.1, -0.05) is 19.8 Å². The summed E-state index contributed by atoms with van der Waals surface area (Å²) in [5.74, 6) is -0.271. The van der Waals surface area contributed by atoms with Crippen molar-refractivity contribution in [3.8, 4) is 0 Å². The highest BCUT2D eigenvalue weighted by atomic mass is 19.1. The maximum Gasteiger partial charge on any atom is 0.322 e. The van der Waals surface area contributed by atoms with Gasteiger partial charge in [0.15, 0.2) is 0 Å². The van der Waals surface area contributed by atoms with Crippen LogP contribution in [0.1, 0.15) is 45.4 Å². The van der Waals surface area contributed by atoms with Crippen LogP contribution in [0.5, 0.6) is 0 Å². The number of piperidine rings is 1. The van der Waals surface area contributed by atoms with Crippen molar-refractivity contribution in [2.45, 2.75) is 51.5 Å². The lowest BCUT2D eigenvalue weighted by molar-refractivity contribution is 0.209. The summed E-state index contributed by atoms with van der Waals surface area (Å²) in [4.78, 5) is 14.8. The molecule has 0 radical (unpaired) electrons. The Kier molecular flexibility index (Phi) is 5.39. The smallest absolute Gasteiger partial charge is 0.322 e. The van der Waals surface area contributed by atoms with Crippen LogP contribution >= 0.6 is 0 Å². The molecule has 1 saturated heterocycles. The normalized spacial score (nSPS) is 20.8. The molecule has 24 heavy (non-hydrogen) atoms. The Hall–Kier alpha value is -1.62. The van der Waals surface area contributed by atoms with E-state index in [0.29, 0.717) is 6.54 Å². The van der Waals surface area contributed by atoms with Crippen LogP contribution in [0.3, 0.4) is 0 Å². The number of carbonyl (C=O) groups is 1. The molecule has 2 fully saturated rings. The Bertz CT molecular complexity index is 548. The molecule has 0 spiro atoms. The molecule has 4 nitrogen and oxygen atoms in total. The number of nitrogens with zero attached hydrogens (tertiary/aromatic N) is 1. The monoisotopic (exact) mass is 333 g/mol. The zero-order chi connectivity index (χ0) is 17.0. The van der Waals surface area contributed by atoms with Gasteiger partial charge in [0.2, 0.25) is 0 Å². The van der Waals surface area contributed by atoms with Crippen LogP contribution in [-0.4, -0.2) is 31.7 Å². The van der Waals surface area contributed by atoms with Crippen LogP contribution in [-0.2, 0) is 0 Å². The number of hydrogen-bond acceptors (Lipinski definition) is 2. The number of hydrogen-bond donors (Lipinski definition) is 2. The third kappa shape index (κ3) is 4.07. The van der Waals surface area contributed by atoms with Crippen molar-refractivity contribution < 1.29 is 9.18 Å². The quantitative estimate of drug-likeness (QED) is 0.883. The highest BCUT2D eigenvalue weighted by molar-refractivity contribution is 5.92. The summed E-state index contributed by atoms with van der Waals surface area (Å²) in [7, 11) is 0. The largest absolute Gasteiger partial charge is 0.337 e. The number of amides is 2. The van der Waals surface area contributed by atoms with E-state index in [4.69, 9.17) is 0 Å². The van der Waals surface area contributed by atoms with Gasteiger partial charge in [-0.2, -0.15) is 0 Å². The molecule has 0 aromatic heterocycles. The molecule has 1 aliphatic heterocycles. The highest BCUT2D eigenvalue weighted by Crippen LogP contribution is 2.30. The third-order valence-electron chi connectivity index (χ3n) is 5.49. The Labute approximate surface area is 143 Å². The summed E-state index contributed by atoms with van der Waals surface area (Å²) in [6, 6.07) is 6.45. The Morgan fingerprint density at radius 3 is 2.50 bits per heavy atom. The molecule has 2 N–H and O–H groups in total. The molecule has 1 saturated carbocycles. The first-order chi connectivity index (χ1) is 11.6. The van der Waals surface area contributed by atoms with E-state index in [2.05, 4.69) is 17.6 Å². The fourth-order valence-electron chi connectivity index (χ4n) is 3.84. The van der Waals surface area contributed by atoms with Gasteiger partial charge >= 0.3 is 6.03 Å². The minimum Gasteiger partial charge on any atom is -0.337 e. The molecule has 0 bridgehead atoms. The van der Waals surface area contributed by atoms with Crippen molar-refractivity contribution in [3.05, 3.63) is 30.1 Å². The summed E-state index contributed by atoms with van der Waals surface area (Å²) >= 11 is 0. The summed E-state index contributed by atoms with van der Waals surface area (Å²) < 4.78 is 13.2. The average molecular weight is 333 g/mol. The van der Waals surface area contributed by atoms with Gasteiger partial charge in [-0.15, -0.1) is 0 Å². The minimum atomic E-state index is -0.271. The van der Waals surface area contributed by atoms with E-state index in [9.17, 15) is 9.18 Å². The van der Waals surface area contributed by atoms with Gasteiger partial charge < -0.3 is 10.6 Å². The molecule has 3 rings (SSSR count). The number of nitrogens with one attached hydrogen (secondary N) is 2. The number of anilines is 1. The predicted octanol–water partition coefficient (Wildman–Crippen LogP) is 3.67. The molecule has 1 aromatic carbocycles. The zero-order valence-corrected chi connectivity index (χ0v) is 14.5. The van der Waals surface area contributed by atoms with Gasteiger partial charge in [-0.05, 0) is 68.5 Å². The van der Waals surface area contributed by atoms with E-state index in [1.165, 1.54) is 12.1 Å². The second-order valence-corrected chi connectivity index (χ2v) is 7.50. The zero-order valence-electron chi connectivity index (χ0n) is 14.5. The summed E-state index contributed by atoms with van der Waals surface area (Å²) in [5.41, 5.74) is 0.946. The van der Waals surface area contributed by atoms with Crippen LogP contribution in [0.4, 0.5) is 14.9 Å². The van der Waals surface area contributed by atoms with Crippen molar-refractivity contribution in [3.63, 3.8) is 0 Å². The van der Waals surface area contributed by atoms with E-state index in [1.807, 2.05) is 4.90 Å². The van der Waals surface area contributed by atoms with E-state index < -0.39 is 0 Å². The van der Waals surface area contributed by atoms with Crippen molar-refractivity contribution in [1.29, 1.82) is 0 Å². The molecule has 0 unspecified atom stereocenters. The van der Waals surface area contributed by atoms with Crippen molar-refractivity contribution in [1.82, 2.24) is 10.6 Å².